The quantitative estimate of drug-likeness (QED) is 0.607. The number of carbonyl (C=O) groups excluding carboxylic acids is 2. The number of rotatable bonds is 5. The summed E-state index contributed by atoms with van der Waals surface area (Å²) in [6, 6.07) is 0. The first-order valence-corrected chi connectivity index (χ1v) is 5.30. The summed E-state index contributed by atoms with van der Waals surface area (Å²) in [5, 5.41) is 5.76. The number of ether oxygens (including phenoxy) is 1. The Labute approximate surface area is 89.6 Å². The molecule has 1 unspecified atom stereocenters. The van der Waals surface area contributed by atoms with Crippen molar-refractivity contribution in [2.75, 3.05) is 26.2 Å². The number of hydrogen-bond acceptors (Lipinski definition) is 4. The predicted octanol–water partition coefficient (Wildman–Crippen LogP) is -0.479. The molecule has 0 aliphatic carbocycles. The second-order valence-electron chi connectivity index (χ2n) is 3.75. The van der Waals surface area contributed by atoms with E-state index in [1.807, 2.05) is 0 Å². The zero-order valence-corrected chi connectivity index (χ0v) is 9.21. The average Bonchev–Trinajstić information content (AvgIpc) is 2.11. The first kappa shape index (κ1) is 12.0. The number of hydrogen-bond donors (Lipinski definition) is 2. The Balaban J connectivity index is 2.17. The second kappa shape index (κ2) is 5.70. The third-order valence-electron chi connectivity index (χ3n) is 2.42. The molecule has 2 N–H and O–H groups in total. The van der Waals surface area contributed by atoms with Crippen LogP contribution >= 0.6 is 0 Å². The topological polar surface area (TPSA) is 67.4 Å². The molecule has 1 aliphatic heterocycles. The number of nitrogens with one attached hydrogen (secondary N) is 2. The van der Waals surface area contributed by atoms with E-state index < -0.39 is 0 Å². The van der Waals surface area contributed by atoms with Crippen LogP contribution in [0.15, 0.2) is 0 Å². The van der Waals surface area contributed by atoms with Crippen LogP contribution < -0.4 is 10.6 Å². The lowest BCUT2D eigenvalue weighted by Gasteiger charge is -2.26. The van der Waals surface area contributed by atoms with Crippen molar-refractivity contribution in [2.45, 2.75) is 13.8 Å². The van der Waals surface area contributed by atoms with Gasteiger partial charge in [0.1, 0.15) is 0 Å². The molecule has 1 heterocycles. The minimum absolute atomic E-state index is 0.0184. The lowest BCUT2D eigenvalue weighted by molar-refractivity contribution is -0.147. The van der Waals surface area contributed by atoms with E-state index in [1.165, 1.54) is 0 Å². The van der Waals surface area contributed by atoms with Crippen molar-refractivity contribution < 1.29 is 14.3 Å². The third kappa shape index (κ3) is 3.51. The van der Waals surface area contributed by atoms with Gasteiger partial charge in [0, 0.05) is 19.6 Å². The molecule has 0 aromatic carbocycles. The molecule has 0 bridgehead atoms. The van der Waals surface area contributed by atoms with Crippen molar-refractivity contribution in [2.24, 2.45) is 11.8 Å². The van der Waals surface area contributed by atoms with Gasteiger partial charge in [-0.15, -0.1) is 0 Å². The first-order valence-electron chi connectivity index (χ1n) is 5.30. The van der Waals surface area contributed by atoms with Gasteiger partial charge in [-0.2, -0.15) is 0 Å². The molecule has 1 amide bonds. The summed E-state index contributed by atoms with van der Waals surface area (Å²) in [5.74, 6) is -0.448. The highest BCUT2D eigenvalue weighted by atomic mass is 16.5. The van der Waals surface area contributed by atoms with Gasteiger partial charge in [-0.25, -0.2) is 0 Å². The smallest absolute Gasteiger partial charge is 0.310 e. The molecule has 1 aliphatic rings. The molecule has 5 heteroatoms. The average molecular weight is 214 g/mol. The maximum Gasteiger partial charge on any atom is 0.310 e. The fraction of sp³-hybridized carbons (Fsp3) is 0.800. The molecule has 1 rings (SSSR count). The van der Waals surface area contributed by atoms with Gasteiger partial charge in [-0.1, -0.05) is 6.92 Å². The van der Waals surface area contributed by atoms with Crippen LogP contribution in [-0.4, -0.2) is 38.1 Å². The second-order valence-corrected chi connectivity index (χ2v) is 3.75. The van der Waals surface area contributed by atoms with Crippen LogP contribution in [-0.2, 0) is 14.3 Å². The Morgan fingerprint density at radius 2 is 2.20 bits per heavy atom. The van der Waals surface area contributed by atoms with E-state index in [1.54, 1.807) is 13.8 Å². The van der Waals surface area contributed by atoms with E-state index >= 15 is 0 Å². The van der Waals surface area contributed by atoms with Gasteiger partial charge in [-0.3, -0.25) is 9.59 Å². The molecule has 15 heavy (non-hydrogen) atoms. The van der Waals surface area contributed by atoms with Crippen LogP contribution in [0.1, 0.15) is 13.8 Å². The molecular formula is C10H18N2O3. The molecule has 86 valence electrons. The van der Waals surface area contributed by atoms with Crippen LogP contribution in [0.5, 0.6) is 0 Å². The zero-order chi connectivity index (χ0) is 11.3. The van der Waals surface area contributed by atoms with Gasteiger partial charge in [0.25, 0.3) is 0 Å². The van der Waals surface area contributed by atoms with Crippen LogP contribution in [0.4, 0.5) is 0 Å². The van der Waals surface area contributed by atoms with Crippen molar-refractivity contribution in [1.82, 2.24) is 10.6 Å². The van der Waals surface area contributed by atoms with Crippen molar-refractivity contribution in [1.29, 1.82) is 0 Å². The lowest BCUT2D eigenvalue weighted by atomic mass is 10.0. The van der Waals surface area contributed by atoms with Gasteiger partial charge in [0.15, 0.2) is 0 Å². The van der Waals surface area contributed by atoms with Gasteiger partial charge in [-0.05, 0) is 6.92 Å². The minimum Gasteiger partial charge on any atom is -0.466 e. The highest BCUT2D eigenvalue weighted by molar-refractivity contribution is 5.81. The molecule has 0 aromatic heterocycles. The highest BCUT2D eigenvalue weighted by Gasteiger charge is 2.25. The van der Waals surface area contributed by atoms with Crippen molar-refractivity contribution in [3.05, 3.63) is 0 Å². The van der Waals surface area contributed by atoms with Crippen LogP contribution in [0.3, 0.4) is 0 Å². The summed E-state index contributed by atoms with van der Waals surface area (Å²) in [7, 11) is 0. The maximum atomic E-state index is 11.4. The lowest BCUT2D eigenvalue weighted by Crippen LogP contribution is -2.51. The Kier molecular flexibility index (Phi) is 4.55. The summed E-state index contributed by atoms with van der Waals surface area (Å²) in [6.07, 6.45) is 0. The van der Waals surface area contributed by atoms with Crippen molar-refractivity contribution >= 4 is 11.9 Å². The molecule has 1 atom stereocenters. The van der Waals surface area contributed by atoms with Crippen LogP contribution in [0.25, 0.3) is 0 Å². The largest absolute Gasteiger partial charge is 0.466 e. The fourth-order valence-corrected chi connectivity index (χ4v) is 1.24. The van der Waals surface area contributed by atoms with E-state index in [2.05, 4.69) is 10.6 Å². The molecule has 1 saturated heterocycles. The molecule has 1 fully saturated rings. The normalized spacial score (nSPS) is 17.7. The Bertz CT molecular complexity index is 239. The molecule has 5 nitrogen and oxygen atoms in total. The summed E-state index contributed by atoms with van der Waals surface area (Å²) >= 11 is 0. The summed E-state index contributed by atoms with van der Waals surface area (Å²) < 4.78 is 4.83. The first-order chi connectivity index (χ1) is 7.15. The van der Waals surface area contributed by atoms with Crippen molar-refractivity contribution in [3.63, 3.8) is 0 Å². The number of esters is 1. The SMILES string of the molecule is CCOC(=O)C(C)CNC(=O)C1CNC1. The minimum atomic E-state index is -0.276. The third-order valence-corrected chi connectivity index (χ3v) is 2.42. The highest BCUT2D eigenvalue weighted by Crippen LogP contribution is 2.03. The van der Waals surface area contributed by atoms with E-state index in [4.69, 9.17) is 4.74 Å². The monoisotopic (exact) mass is 214 g/mol. The van der Waals surface area contributed by atoms with Gasteiger partial charge in [0.05, 0.1) is 18.4 Å². The van der Waals surface area contributed by atoms with E-state index in [-0.39, 0.29) is 23.7 Å². The van der Waals surface area contributed by atoms with Gasteiger partial charge in [0.2, 0.25) is 5.91 Å². The van der Waals surface area contributed by atoms with Crippen LogP contribution in [0.2, 0.25) is 0 Å². The number of carbonyl (C=O) groups is 2. The Morgan fingerprint density at radius 3 is 2.67 bits per heavy atom. The summed E-state index contributed by atoms with van der Waals surface area (Å²) in [4.78, 5) is 22.6. The molecule has 0 spiro atoms. The number of amides is 1. The summed E-state index contributed by atoms with van der Waals surface area (Å²) in [5.41, 5.74) is 0. The Hall–Kier alpha value is -1.10. The molecule has 0 aromatic rings. The van der Waals surface area contributed by atoms with Gasteiger partial charge >= 0.3 is 5.97 Å². The zero-order valence-electron chi connectivity index (χ0n) is 9.21. The Morgan fingerprint density at radius 1 is 1.53 bits per heavy atom. The summed E-state index contributed by atoms with van der Waals surface area (Å²) in [6.45, 7) is 5.72. The standard InChI is InChI=1S/C10H18N2O3/c1-3-15-10(14)7(2)4-12-9(13)8-5-11-6-8/h7-8,11H,3-6H2,1-2H3,(H,12,13). The van der Waals surface area contributed by atoms with E-state index in [0.29, 0.717) is 13.2 Å². The van der Waals surface area contributed by atoms with Crippen molar-refractivity contribution in [3.8, 4) is 0 Å². The predicted molar refractivity (Wildman–Crippen MR) is 55.2 cm³/mol. The van der Waals surface area contributed by atoms with E-state index in [0.717, 1.165) is 13.1 Å². The van der Waals surface area contributed by atoms with Crippen LogP contribution in [0, 0.1) is 11.8 Å². The molecular weight excluding hydrogens is 196 g/mol. The fourth-order valence-electron chi connectivity index (χ4n) is 1.24. The van der Waals surface area contributed by atoms with Gasteiger partial charge < -0.3 is 15.4 Å². The molecule has 0 radical (unpaired) electrons. The van der Waals surface area contributed by atoms with E-state index in [9.17, 15) is 9.59 Å². The maximum absolute atomic E-state index is 11.4. The molecule has 0 saturated carbocycles.